The van der Waals surface area contributed by atoms with Crippen LogP contribution in [0.1, 0.15) is 87.5 Å². The van der Waals surface area contributed by atoms with E-state index in [4.69, 9.17) is 9.47 Å². The van der Waals surface area contributed by atoms with Gasteiger partial charge in [0.15, 0.2) is 0 Å². The average Bonchev–Trinajstić information content (AvgIpc) is 4.10. The molecule has 2 aliphatic carbocycles. The van der Waals surface area contributed by atoms with E-state index in [0.29, 0.717) is 56.6 Å². The summed E-state index contributed by atoms with van der Waals surface area (Å²) in [5, 5.41) is 7.87. The number of carbonyl (C=O) groups is 5. The fourth-order valence-corrected chi connectivity index (χ4v) is 8.92. The van der Waals surface area contributed by atoms with Crippen molar-refractivity contribution in [2.75, 3.05) is 19.8 Å². The minimum absolute atomic E-state index is 0.00185. The predicted molar refractivity (Wildman–Crippen MR) is 200 cm³/mol. The Morgan fingerprint density at radius 2 is 1.65 bits per heavy atom. The molecule has 1 saturated heterocycles. The van der Waals surface area contributed by atoms with Crippen LogP contribution < -0.4 is 25.4 Å². The molecule has 1 aromatic heterocycles. The van der Waals surface area contributed by atoms with Crippen molar-refractivity contribution in [2.24, 2.45) is 5.92 Å². The zero-order valence-corrected chi connectivity index (χ0v) is 31.5. The smallest absolute Gasteiger partial charge is 0.407 e. The first-order valence-electron chi connectivity index (χ1n) is 19.3. The van der Waals surface area contributed by atoms with E-state index < -0.39 is 74.6 Å². The summed E-state index contributed by atoms with van der Waals surface area (Å²) in [6.07, 6.45) is 9.29. The molecule has 2 aromatic rings. The van der Waals surface area contributed by atoms with Crippen LogP contribution in [0.2, 0.25) is 0 Å². The monoisotopic (exact) mass is 776 g/mol. The van der Waals surface area contributed by atoms with E-state index in [-0.39, 0.29) is 31.7 Å². The van der Waals surface area contributed by atoms with Crippen molar-refractivity contribution < 1.29 is 41.9 Å². The Morgan fingerprint density at radius 1 is 0.891 bits per heavy atom. The summed E-state index contributed by atoms with van der Waals surface area (Å²) in [6.45, 7) is 0.532. The number of rotatable bonds is 3. The van der Waals surface area contributed by atoms with E-state index >= 15 is 0 Å². The second kappa shape index (κ2) is 16.4. The third-order valence-corrected chi connectivity index (χ3v) is 12.7. The predicted octanol–water partition coefficient (Wildman–Crippen LogP) is 3.11. The molecule has 7 rings (SSSR count). The van der Waals surface area contributed by atoms with Crippen LogP contribution in [-0.2, 0) is 29.1 Å². The van der Waals surface area contributed by atoms with Gasteiger partial charge in [-0.2, -0.15) is 0 Å². The molecule has 5 aliphatic rings. The minimum Gasteiger partial charge on any atom is -0.494 e. The summed E-state index contributed by atoms with van der Waals surface area (Å²) >= 11 is 0. The highest BCUT2D eigenvalue weighted by molar-refractivity contribution is 7.91. The number of pyridine rings is 1. The fraction of sp³-hybridized carbons (Fsp3) is 0.538. The lowest BCUT2D eigenvalue weighted by Crippen LogP contribution is -2.58. The maximum absolute atomic E-state index is 14.4. The fourth-order valence-electron chi connectivity index (χ4n) is 7.55. The number of fused-ring (bicyclic) bond motifs is 8. The highest BCUT2D eigenvalue weighted by Crippen LogP contribution is 2.46. The van der Waals surface area contributed by atoms with Gasteiger partial charge in [0.05, 0.1) is 24.2 Å². The Kier molecular flexibility index (Phi) is 11.4. The molecular weight excluding hydrogens is 729 g/mol. The molecule has 5 amide bonds. The van der Waals surface area contributed by atoms with Crippen LogP contribution in [0, 0.1) is 5.92 Å². The van der Waals surface area contributed by atoms with Gasteiger partial charge in [0.2, 0.25) is 21.8 Å². The van der Waals surface area contributed by atoms with E-state index in [9.17, 15) is 32.4 Å². The number of nitrogens with one attached hydrogen (secondary N) is 4. The van der Waals surface area contributed by atoms with Crippen LogP contribution in [0.25, 0.3) is 11.3 Å². The normalized spacial score (nSPS) is 28.3. The average molecular weight is 777 g/mol. The molecule has 15 nitrogen and oxygen atoms in total. The van der Waals surface area contributed by atoms with Crippen molar-refractivity contribution >= 4 is 39.7 Å². The molecule has 0 spiro atoms. The van der Waals surface area contributed by atoms with Crippen molar-refractivity contribution in [1.82, 2.24) is 30.6 Å². The molecule has 3 fully saturated rings. The molecule has 1 aromatic carbocycles. The first-order chi connectivity index (χ1) is 26.5. The Morgan fingerprint density at radius 3 is 2.47 bits per heavy atom. The summed E-state index contributed by atoms with van der Waals surface area (Å²) in [5.74, 6) is -2.30. The number of sulfonamides is 1. The molecule has 4 heterocycles. The first kappa shape index (κ1) is 38.3. The summed E-state index contributed by atoms with van der Waals surface area (Å²) in [6, 6.07) is 9.63. The molecule has 3 aliphatic heterocycles. The van der Waals surface area contributed by atoms with Crippen LogP contribution in [0.3, 0.4) is 0 Å². The van der Waals surface area contributed by atoms with Crippen molar-refractivity contribution in [3.8, 4) is 17.0 Å². The number of aromatic nitrogens is 1. The van der Waals surface area contributed by atoms with E-state index in [2.05, 4.69) is 25.7 Å². The van der Waals surface area contributed by atoms with Crippen molar-refractivity contribution in [3.63, 3.8) is 0 Å². The number of nitrogens with zero attached hydrogens (tertiary/aromatic N) is 2. The third kappa shape index (κ3) is 9.11. The summed E-state index contributed by atoms with van der Waals surface area (Å²) < 4.78 is 39.2. The standard InChI is InChI=1S/C39H48N6O9S/c46-34-31-16-10-15-30(41-31)25-11-9-13-28(21-25)53-19-7-4-8-20-54-38(50)42-32-14-6-3-1-2-5-12-26-23-39(26,37(49)44-55(51,52)29-17-18-29)43-35(47)33-22-27(40-34)24-45(33)36(32)48/h5,9-13,15-16,21,26-27,29,32-33H,1-4,6-8,14,17-20,22-24H2,(H,40,46)(H,42,50)(H,43,47)(H,44,49)/t26-,27-,32+,33+,39-/m1/s1. The van der Waals surface area contributed by atoms with Gasteiger partial charge in [-0.1, -0.05) is 43.2 Å². The van der Waals surface area contributed by atoms with E-state index in [1.54, 1.807) is 18.2 Å². The van der Waals surface area contributed by atoms with Gasteiger partial charge in [-0.15, -0.1) is 0 Å². The number of benzene rings is 1. The molecule has 0 radical (unpaired) electrons. The van der Waals surface area contributed by atoms with Gasteiger partial charge >= 0.3 is 6.09 Å². The van der Waals surface area contributed by atoms with Gasteiger partial charge in [0.1, 0.15) is 29.1 Å². The number of hydrogen-bond acceptors (Lipinski definition) is 10. The maximum Gasteiger partial charge on any atom is 0.407 e. The molecule has 7 bridgehead atoms. The lowest BCUT2D eigenvalue weighted by atomic mass is 10.0. The largest absolute Gasteiger partial charge is 0.494 e. The number of carbonyl (C=O) groups excluding carboxylic acids is 5. The van der Waals surface area contributed by atoms with Gasteiger partial charge in [-0.3, -0.25) is 23.9 Å². The SMILES string of the molecule is O=C1N[C@H]2CCCCCC=C[C@@H]3C[C@@]3(C(=O)NS(=O)(=O)C3CC3)NC(=O)[C@@H]3C[C@H](CN3C2=O)NC(=O)c2cccc(n2)-c2cccc(c2)OCCCCCO1. The second-order valence-corrected chi connectivity index (χ2v) is 17.1. The van der Waals surface area contributed by atoms with Crippen LogP contribution in [-0.4, -0.2) is 96.7 Å². The van der Waals surface area contributed by atoms with E-state index in [1.165, 1.54) is 4.90 Å². The number of hydrogen-bond donors (Lipinski definition) is 4. The van der Waals surface area contributed by atoms with E-state index in [1.807, 2.05) is 36.4 Å². The van der Waals surface area contributed by atoms with Gasteiger partial charge in [0, 0.05) is 24.1 Å². The topological polar surface area (TPSA) is 202 Å². The van der Waals surface area contributed by atoms with Gasteiger partial charge in [-0.25, -0.2) is 18.2 Å². The summed E-state index contributed by atoms with van der Waals surface area (Å²) in [5.41, 5.74) is -0.0788. The molecular formula is C39H48N6O9S. The zero-order valence-electron chi connectivity index (χ0n) is 30.7. The van der Waals surface area contributed by atoms with Crippen molar-refractivity contribution in [3.05, 3.63) is 60.3 Å². The van der Waals surface area contributed by atoms with Gasteiger partial charge < -0.3 is 30.3 Å². The molecule has 5 atom stereocenters. The summed E-state index contributed by atoms with van der Waals surface area (Å²) in [4.78, 5) is 75.1. The van der Waals surface area contributed by atoms with Crippen LogP contribution in [0.4, 0.5) is 4.79 Å². The Bertz CT molecular complexity index is 1950. The molecule has 2 saturated carbocycles. The van der Waals surface area contributed by atoms with Crippen LogP contribution in [0.5, 0.6) is 5.75 Å². The Balaban J connectivity index is 1.18. The number of ether oxygens (including phenoxy) is 2. The quantitative estimate of drug-likeness (QED) is 0.336. The highest BCUT2D eigenvalue weighted by atomic mass is 32.2. The van der Waals surface area contributed by atoms with Crippen LogP contribution >= 0.6 is 0 Å². The maximum atomic E-state index is 14.4. The third-order valence-electron chi connectivity index (χ3n) is 10.9. The molecule has 16 heteroatoms. The Labute approximate surface area is 320 Å². The highest BCUT2D eigenvalue weighted by Gasteiger charge is 2.62. The van der Waals surface area contributed by atoms with Crippen molar-refractivity contribution in [1.29, 1.82) is 0 Å². The lowest BCUT2D eigenvalue weighted by molar-refractivity contribution is -0.141. The number of amides is 5. The molecule has 0 unspecified atom stereocenters. The lowest BCUT2D eigenvalue weighted by Gasteiger charge is -2.30. The Hall–Kier alpha value is -4.99. The number of alkyl carbamates (subject to hydrolysis) is 1. The van der Waals surface area contributed by atoms with Crippen molar-refractivity contribution in [2.45, 2.75) is 106 Å². The van der Waals surface area contributed by atoms with E-state index in [0.717, 1.165) is 31.2 Å². The minimum atomic E-state index is -3.91. The molecule has 4 N–H and O–H groups in total. The van der Waals surface area contributed by atoms with Crippen LogP contribution in [0.15, 0.2) is 54.6 Å². The van der Waals surface area contributed by atoms with Gasteiger partial charge in [0.25, 0.3) is 11.8 Å². The van der Waals surface area contributed by atoms with Gasteiger partial charge in [-0.05, 0) is 88.5 Å². The molecule has 294 valence electrons. The zero-order chi connectivity index (χ0) is 38.6. The summed E-state index contributed by atoms with van der Waals surface area (Å²) in [7, 11) is -3.91. The second-order valence-electron chi connectivity index (χ2n) is 15.1. The molecule has 55 heavy (non-hydrogen) atoms. The first-order valence-corrected chi connectivity index (χ1v) is 20.9. The number of allylic oxidation sites excluding steroid dienone is 1. The number of cyclic esters (lactones) is 1.